The molecular formula is C22H28N6O2S2. The Labute approximate surface area is 196 Å². The first-order valence-electron chi connectivity index (χ1n) is 10.2. The number of nitrogens with one attached hydrogen (secondary N) is 1. The van der Waals surface area contributed by atoms with Gasteiger partial charge in [0.1, 0.15) is 10.8 Å². The maximum absolute atomic E-state index is 12.2. The topological polar surface area (TPSA) is 94.8 Å². The van der Waals surface area contributed by atoms with E-state index in [9.17, 15) is 4.79 Å². The second-order valence-electron chi connectivity index (χ2n) is 8.24. The Kier molecular flexibility index (Phi) is 7.68. The van der Waals surface area contributed by atoms with E-state index in [1.165, 1.54) is 28.7 Å². The van der Waals surface area contributed by atoms with Crippen LogP contribution in [0.5, 0.6) is 5.75 Å². The monoisotopic (exact) mass is 472 g/mol. The molecule has 2 heterocycles. The van der Waals surface area contributed by atoms with Gasteiger partial charge in [0.05, 0.1) is 5.75 Å². The number of aryl methyl sites for hydroxylation is 1. The van der Waals surface area contributed by atoms with Crippen molar-refractivity contribution in [2.45, 2.75) is 57.8 Å². The van der Waals surface area contributed by atoms with Gasteiger partial charge in [-0.3, -0.25) is 14.7 Å². The molecule has 3 aromatic rings. The summed E-state index contributed by atoms with van der Waals surface area (Å²) >= 11 is 2.63. The van der Waals surface area contributed by atoms with Gasteiger partial charge in [-0.1, -0.05) is 62.1 Å². The minimum Gasteiger partial charge on any atom is -0.483 e. The molecule has 0 spiro atoms. The number of rotatable bonds is 9. The molecule has 170 valence electrons. The minimum atomic E-state index is -0.324. The van der Waals surface area contributed by atoms with Gasteiger partial charge in [-0.05, 0) is 37.0 Å². The highest BCUT2D eigenvalue weighted by atomic mass is 32.2. The number of thioether (sulfide) groups is 1. The number of hydrogen-bond donors (Lipinski definition) is 1. The highest BCUT2D eigenvalue weighted by Gasteiger charge is 2.20. The molecule has 0 saturated heterocycles. The van der Waals surface area contributed by atoms with Gasteiger partial charge in [0.15, 0.2) is 17.1 Å². The molecule has 1 amide bonds. The summed E-state index contributed by atoms with van der Waals surface area (Å²) in [5, 5.41) is 21.0. The Morgan fingerprint density at radius 2 is 1.97 bits per heavy atom. The Bertz CT molecular complexity index is 1070. The third-order valence-electron chi connectivity index (χ3n) is 4.56. The number of nitrogens with zero attached hydrogens (tertiary/aromatic N) is 5. The summed E-state index contributed by atoms with van der Waals surface area (Å²) in [5.74, 6) is 1.44. The second kappa shape index (κ2) is 10.3. The standard InChI is InChI=1S/C22H28N6O2S2/c1-7-12-28-19(14(2)30-17-10-8-16(9-11-17)22(4,5)6)25-27-21(28)31-13-18(29)23-20-26-24-15(3)32-20/h7-11,14H,1,12-13H2,2-6H3,(H,23,26,29). The van der Waals surface area contributed by atoms with Crippen LogP contribution >= 0.6 is 23.1 Å². The Balaban J connectivity index is 1.66. The van der Waals surface area contributed by atoms with E-state index in [4.69, 9.17) is 4.74 Å². The SMILES string of the molecule is C=CCn1c(SCC(=O)Nc2nnc(C)s2)nnc1C(C)Oc1ccc(C(C)(C)C)cc1. The van der Waals surface area contributed by atoms with Crippen molar-refractivity contribution in [1.29, 1.82) is 0 Å². The lowest BCUT2D eigenvalue weighted by molar-refractivity contribution is -0.113. The van der Waals surface area contributed by atoms with Crippen LogP contribution in [0.4, 0.5) is 5.13 Å². The largest absolute Gasteiger partial charge is 0.483 e. The van der Waals surface area contributed by atoms with Gasteiger partial charge in [-0.15, -0.1) is 27.0 Å². The highest BCUT2D eigenvalue weighted by Crippen LogP contribution is 2.28. The molecule has 3 rings (SSSR count). The number of hydrogen-bond acceptors (Lipinski definition) is 8. The van der Waals surface area contributed by atoms with E-state index in [2.05, 4.69) is 65.2 Å². The Morgan fingerprint density at radius 1 is 1.25 bits per heavy atom. The number of amides is 1. The van der Waals surface area contributed by atoms with Crippen LogP contribution in [-0.2, 0) is 16.8 Å². The first kappa shape index (κ1) is 23.9. The van der Waals surface area contributed by atoms with Crippen LogP contribution in [0.2, 0.25) is 0 Å². The number of anilines is 1. The van der Waals surface area contributed by atoms with Crippen molar-refractivity contribution in [3.8, 4) is 5.75 Å². The number of aromatic nitrogens is 5. The molecule has 10 heteroatoms. The maximum atomic E-state index is 12.2. The molecule has 0 fully saturated rings. The van der Waals surface area contributed by atoms with E-state index in [-0.39, 0.29) is 23.2 Å². The third kappa shape index (κ3) is 6.17. The normalized spacial score (nSPS) is 12.4. The molecule has 1 N–H and O–H groups in total. The fourth-order valence-electron chi connectivity index (χ4n) is 2.93. The van der Waals surface area contributed by atoms with Crippen LogP contribution in [0.3, 0.4) is 0 Å². The van der Waals surface area contributed by atoms with Crippen molar-refractivity contribution in [2.75, 3.05) is 11.1 Å². The van der Waals surface area contributed by atoms with Crippen molar-refractivity contribution in [3.63, 3.8) is 0 Å². The van der Waals surface area contributed by atoms with Crippen LogP contribution in [0, 0.1) is 6.92 Å². The van der Waals surface area contributed by atoms with Crippen molar-refractivity contribution in [3.05, 3.63) is 53.3 Å². The Hall–Kier alpha value is -2.72. The molecule has 0 bridgehead atoms. The number of benzene rings is 1. The van der Waals surface area contributed by atoms with Gasteiger partial charge < -0.3 is 4.74 Å². The maximum Gasteiger partial charge on any atom is 0.236 e. The van der Waals surface area contributed by atoms with Gasteiger partial charge in [0, 0.05) is 6.54 Å². The molecule has 0 aliphatic carbocycles. The van der Waals surface area contributed by atoms with E-state index in [1.807, 2.05) is 30.5 Å². The molecule has 1 atom stereocenters. The number of ether oxygens (including phenoxy) is 1. The van der Waals surface area contributed by atoms with E-state index in [1.54, 1.807) is 6.08 Å². The lowest BCUT2D eigenvalue weighted by atomic mass is 9.87. The summed E-state index contributed by atoms with van der Waals surface area (Å²) < 4.78 is 8.03. The molecule has 0 radical (unpaired) electrons. The van der Waals surface area contributed by atoms with Crippen LogP contribution in [0.15, 0.2) is 42.1 Å². The van der Waals surface area contributed by atoms with Crippen LogP contribution in [0.25, 0.3) is 0 Å². The van der Waals surface area contributed by atoms with E-state index in [0.717, 1.165) is 10.8 Å². The van der Waals surface area contributed by atoms with Crippen molar-refractivity contribution >= 4 is 34.1 Å². The van der Waals surface area contributed by atoms with Crippen LogP contribution in [-0.4, -0.2) is 36.6 Å². The van der Waals surface area contributed by atoms with Gasteiger partial charge in [0.25, 0.3) is 0 Å². The fraction of sp³-hybridized carbons (Fsp3) is 0.409. The molecule has 1 unspecified atom stereocenters. The Morgan fingerprint density at radius 3 is 2.56 bits per heavy atom. The van der Waals surface area contributed by atoms with Crippen LogP contribution in [0.1, 0.15) is 50.2 Å². The zero-order chi connectivity index (χ0) is 23.3. The van der Waals surface area contributed by atoms with Crippen molar-refractivity contribution in [2.24, 2.45) is 0 Å². The van der Waals surface area contributed by atoms with E-state index < -0.39 is 0 Å². The molecule has 0 aliphatic heterocycles. The van der Waals surface area contributed by atoms with E-state index >= 15 is 0 Å². The predicted octanol–water partition coefficient (Wildman–Crippen LogP) is 4.79. The molecule has 32 heavy (non-hydrogen) atoms. The summed E-state index contributed by atoms with van der Waals surface area (Å²) in [6.45, 7) is 14.6. The lowest BCUT2D eigenvalue weighted by Gasteiger charge is -2.20. The van der Waals surface area contributed by atoms with Crippen molar-refractivity contribution in [1.82, 2.24) is 25.0 Å². The average molecular weight is 473 g/mol. The fourth-order valence-corrected chi connectivity index (χ4v) is 4.29. The van der Waals surface area contributed by atoms with E-state index in [0.29, 0.717) is 22.7 Å². The quantitative estimate of drug-likeness (QED) is 0.353. The summed E-state index contributed by atoms with van der Waals surface area (Å²) in [4.78, 5) is 12.2. The predicted molar refractivity (Wildman–Crippen MR) is 128 cm³/mol. The lowest BCUT2D eigenvalue weighted by Crippen LogP contribution is -2.15. The summed E-state index contributed by atoms with van der Waals surface area (Å²) in [7, 11) is 0. The first-order valence-corrected chi connectivity index (χ1v) is 12.0. The molecule has 1 aromatic carbocycles. The zero-order valence-corrected chi connectivity index (χ0v) is 20.6. The van der Waals surface area contributed by atoms with Gasteiger partial charge in [0.2, 0.25) is 11.0 Å². The summed E-state index contributed by atoms with van der Waals surface area (Å²) in [6.07, 6.45) is 1.45. The zero-order valence-electron chi connectivity index (χ0n) is 19.0. The molecule has 2 aromatic heterocycles. The smallest absolute Gasteiger partial charge is 0.236 e. The highest BCUT2D eigenvalue weighted by molar-refractivity contribution is 7.99. The third-order valence-corrected chi connectivity index (χ3v) is 6.28. The van der Waals surface area contributed by atoms with Crippen molar-refractivity contribution < 1.29 is 9.53 Å². The van der Waals surface area contributed by atoms with Gasteiger partial charge in [-0.2, -0.15) is 0 Å². The minimum absolute atomic E-state index is 0.0849. The molecular weight excluding hydrogens is 444 g/mol. The van der Waals surface area contributed by atoms with Gasteiger partial charge >= 0.3 is 0 Å². The number of allylic oxidation sites excluding steroid dienone is 1. The molecule has 8 nitrogen and oxygen atoms in total. The van der Waals surface area contributed by atoms with Gasteiger partial charge in [-0.25, -0.2) is 0 Å². The number of carbonyl (C=O) groups is 1. The summed E-state index contributed by atoms with van der Waals surface area (Å²) in [6, 6.07) is 8.10. The first-order chi connectivity index (χ1) is 15.2. The number of carbonyl (C=O) groups excluding carboxylic acids is 1. The second-order valence-corrected chi connectivity index (χ2v) is 10.4. The van der Waals surface area contributed by atoms with Crippen LogP contribution < -0.4 is 10.1 Å². The summed E-state index contributed by atoms with van der Waals surface area (Å²) in [5.41, 5.74) is 1.33. The average Bonchev–Trinajstić information content (AvgIpc) is 3.32. The molecule has 0 saturated carbocycles. The molecule has 0 aliphatic rings.